The molecule has 0 amide bonds. The van der Waals surface area contributed by atoms with Gasteiger partial charge in [-0.3, -0.25) is 0 Å². The molecule has 0 radical (unpaired) electrons. The van der Waals surface area contributed by atoms with Crippen molar-refractivity contribution in [3.8, 4) is 5.75 Å². The second kappa shape index (κ2) is 5.17. The van der Waals surface area contributed by atoms with Crippen LogP contribution in [0.3, 0.4) is 0 Å². The number of aromatic nitrogens is 2. The molecule has 0 fully saturated rings. The lowest BCUT2D eigenvalue weighted by Crippen LogP contribution is -1.96. The largest absolute Gasteiger partial charge is 0.497 e. The van der Waals surface area contributed by atoms with Crippen LogP contribution < -0.4 is 10.1 Å². The topological polar surface area (TPSA) is 47.0 Å². The van der Waals surface area contributed by atoms with Crippen molar-refractivity contribution in [1.29, 1.82) is 0 Å². The van der Waals surface area contributed by atoms with E-state index in [9.17, 15) is 0 Å². The van der Waals surface area contributed by atoms with Gasteiger partial charge in [0.2, 0.25) is 0 Å². The van der Waals surface area contributed by atoms with E-state index in [4.69, 9.17) is 4.74 Å². The van der Waals surface area contributed by atoms with Crippen LogP contribution >= 0.6 is 0 Å². The Morgan fingerprint density at radius 3 is 2.75 bits per heavy atom. The Morgan fingerprint density at radius 1 is 1.05 bits per heavy atom. The number of benzene rings is 2. The maximum absolute atomic E-state index is 5.22. The summed E-state index contributed by atoms with van der Waals surface area (Å²) >= 11 is 0. The van der Waals surface area contributed by atoms with Crippen LogP contribution in [0.15, 0.2) is 48.8 Å². The van der Waals surface area contributed by atoms with Crippen molar-refractivity contribution in [2.45, 2.75) is 6.92 Å². The average Bonchev–Trinajstić information content (AvgIpc) is 2.47. The lowest BCUT2D eigenvalue weighted by molar-refractivity contribution is 0.415. The summed E-state index contributed by atoms with van der Waals surface area (Å²) in [7, 11) is 1.65. The quantitative estimate of drug-likeness (QED) is 0.784. The molecule has 0 saturated heterocycles. The minimum Gasteiger partial charge on any atom is -0.497 e. The zero-order valence-corrected chi connectivity index (χ0v) is 11.4. The molecule has 100 valence electrons. The second-order valence-electron chi connectivity index (χ2n) is 4.60. The van der Waals surface area contributed by atoms with Crippen molar-refractivity contribution in [3.05, 3.63) is 54.4 Å². The predicted molar refractivity (Wildman–Crippen MR) is 80.6 cm³/mol. The standard InChI is InChI=1S/C16H15N3O/c1-11-4-3-5-12(8-11)19-16-14-7-6-13(20-2)9-15(14)17-10-18-16/h3-10H,1-2H3,(H,17,18,19). The fraction of sp³-hybridized carbons (Fsp3) is 0.125. The smallest absolute Gasteiger partial charge is 0.141 e. The van der Waals surface area contributed by atoms with Crippen molar-refractivity contribution >= 4 is 22.4 Å². The van der Waals surface area contributed by atoms with E-state index in [0.717, 1.165) is 28.2 Å². The molecule has 4 nitrogen and oxygen atoms in total. The van der Waals surface area contributed by atoms with Gasteiger partial charge < -0.3 is 10.1 Å². The minimum atomic E-state index is 0.790. The summed E-state index contributed by atoms with van der Waals surface area (Å²) in [5.41, 5.74) is 3.07. The Kier molecular flexibility index (Phi) is 3.21. The van der Waals surface area contributed by atoms with Crippen molar-refractivity contribution in [2.24, 2.45) is 0 Å². The third-order valence-corrected chi connectivity index (χ3v) is 3.12. The van der Waals surface area contributed by atoms with Crippen molar-refractivity contribution in [2.75, 3.05) is 12.4 Å². The lowest BCUT2D eigenvalue weighted by atomic mass is 10.2. The van der Waals surface area contributed by atoms with Gasteiger partial charge in [0.1, 0.15) is 17.9 Å². The Labute approximate surface area is 117 Å². The normalized spacial score (nSPS) is 10.5. The number of rotatable bonds is 3. The van der Waals surface area contributed by atoms with E-state index in [1.54, 1.807) is 13.4 Å². The van der Waals surface area contributed by atoms with Crippen molar-refractivity contribution in [1.82, 2.24) is 9.97 Å². The van der Waals surface area contributed by atoms with Crippen LogP contribution in [-0.4, -0.2) is 17.1 Å². The first-order valence-electron chi connectivity index (χ1n) is 6.39. The molecule has 2 aromatic carbocycles. The monoisotopic (exact) mass is 265 g/mol. The third-order valence-electron chi connectivity index (χ3n) is 3.12. The van der Waals surface area contributed by atoms with Crippen molar-refractivity contribution in [3.63, 3.8) is 0 Å². The summed E-state index contributed by atoms with van der Waals surface area (Å²) in [4.78, 5) is 8.60. The summed E-state index contributed by atoms with van der Waals surface area (Å²) in [6.45, 7) is 2.06. The Morgan fingerprint density at radius 2 is 1.95 bits per heavy atom. The molecule has 3 aromatic rings. The summed E-state index contributed by atoms with van der Waals surface area (Å²) in [5.74, 6) is 1.58. The first kappa shape index (κ1) is 12.4. The molecular formula is C16H15N3O. The van der Waals surface area contributed by atoms with Gasteiger partial charge in [0.15, 0.2) is 0 Å². The summed E-state index contributed by atoms with van der Waals surface area (Å²) in [5, 5.41) is 4.30. The molecule has 0 atom stereocenters. The number of ether oxygens (including phenoxy) is 1. The molecular weight excluding hydrogens is 250 g/mol. The average molecular weight is 265 g/mol. The Balaban J connectivity index is 2.03. The van der Waals surface area contributed by atoms with E-state index in [1.807, 2.05) is 30.3 Å². The number of methoxy groups -OCH3 is 1. The van der Waals surface area contributed by atoms with E-state index in [0.29, 0.717) is 0 Å². The number of nitrogens with zero attached hydrogens (tertiary/aromatic N) is 2. The summed E-state index contributed by atoms with van der Waals surface area (Å²) in [6.07, 6.45) is 1.56. The molecule has 0 saturated carbocycles. The fourth-order valence-corrected chi connectivity index (χ4v) is 2.12. The summed E-state index contributed by atoms with van der Waals surface area (Å²) in [6, 6.07) is 14.0. The molecule has 4 heteroatoms. The number of fused-ring (bicyclic) bond motifs is 1. The number of hydrogen-bond donors (Lipinski definition) is 1. The molecule has 0 aliphatic rings. The zero-order chi connectivity index (χ0) is 13.9. The maximum atomic E-state index is 5.22. The molecule has 1 heterocycles. The van der Waals surface area contributed by atoms with Gasteiger partial charge in [-0.05, 0) is 36.8 Å². The molecule has 0 aliphatic carbocycles. The van der Waals surface area contributed by atoms with Crippen LogP contribution in [0.5, 0.6) is 5.75 Å². The second-order valence-corrected chi connectivity index (χ2v) is 4.60. The Bertz CT molecular complexity index is 756. The fourth-order valence-electron chi connectivity index (χ4n) is 2.12. The first-order chi connectivity index (χ1) is 9.76. The van der Waals surface area contributed by atoms with Crippen molar-refractivity contribution < 1.29 is 4.74 Å². The SMILES string of the molecule is COc1ccc2c(Nc3cccc(C)c3)ncnc2c1. The lowest BCUT2D eigenvalue weighted by Gasteiger charge is -2.09. The van der Waals surface area contributed by atoms with Gasteiger partial charge in [-0.2, -0.15) is 0 Å². The van der Waals surface area contributed by atoms with Gasteiger partial charge in [-0.25, -0.2) is 9.97 Å². The first-order valence-corrected chi connectivity index (χ1v) is 6.39. The van der Waals surface area contributed by atoms with Gasteiger partial charge in [-0.1, -0.05) is 12.1 Å². The maximum Gasteiger partial charge on any atom is 0.141 e. The molecule has 1 N–H and O–H groups in total. The molecule has 0 bridgehead atoms. The van der Waals surface area contributed by atoms with E-state index >= 15 is 0 Å². The van der Waals surface area contributed by atoms with Gasteiger partial charge in [0.05, 0.1) is 12.6 Å². The highest BCUT2D eigenvalue weighted by Crippen LogP contribution is 2.26. The zero-order valence-electron chi connectivity index (χ0n) is 11.4. The molecule has 0 spiro atoms. The highest BCUT2D eigenvalue weighted by molar-refractivity contribution is 5.91. The van der Waals surface area contributed by atoms with E-state index < -0.39 is 0 Å². The molecule has 1 aromatic heterocycles. The number of nitrogens with one attached hydrogen (secondary N) is 1. The highest BCUT2D eigenvalue weighted by atomic mass is 16.5. The van der Waals surface area contributed by atoms with Gasteiger partial charge in [0, 0.05) is 17.1 Å². The summed E-state index contributed by atoms with van der Waals surface area (Å²) < 4.78 is 5.22. The molecule has 3 rings (SSSR count). The number of hydrogen-bond acceptors (Lipinski definition) is 4. The van der Waals surface area contributed by atoms with Gasteiger partial charge in [0.25, 0.3) is 0 Å². The van der Waals surface area contributed by atoms with Crippen LogP contribution in [0.2, 0.25) is 0 Å². The van der Waals surface area contributed by atoms with E-state index in [-0.39, 0.29) is 0 Å². The number of anilines is 2. The highest BCUT2D eigenvalue weighted by Gasteiger charge is 2.05. The Hall–Kier alpha value is -2.62. The van der Waals surface area contributed by atoms with Crippen LogP contribution in [0.4, 0.5) is 11.5 Å². The van der Waals surface area contributed by atoms with Gasteiger partial charge in [-0.15, -0.1) is 0 Å². The number of aryl methyl sites for hydroxylation is 1. The molecule has 0 aliphatic heterocycles. The van der Waals surface area contributed by atoms with E-state index in [2.05, 4.69) is 34.3 Å². The van der Waals surface area contributed by atoms with Crippen LogP contribution in [-0.2, 0) is 0 Å². The van der Waals surface area contributed by atoms with Crippen LogP contribution in [0, 0.1) is 6.92 Å². The molecule has 20 heavy (non-hydrogen) atoms. The van der Waals surface area contributed by atoms with Gasteiger partial charge >= 0.3 is 0 Å². The van der Waals surface area contributed by atoms with Crippen LogP contribution in [0.25, 0.3) is 10.9 Å². The minimum absolute atomic E-state index is 0.790. The predicted octanol–water partition coefficient (Wildman–Crippen LogP) is 3.69. The van der Waals surface area contributed by atoms with E-state index in [1.165, 1.54) is 5.56 Å². The molecule has 0 unspecified atom stereocenters. The third kappa shape index (κ3) is 2.40. The van der Waals surface area contributed by atoms with Crippen LogP contribution in [0.1, 0.15) is 5.56 Å².